The van der Waals surface area contributed by atoms with E-state index in [2.05, 4.69) is 0 Å². The quantitative estimate of drug-likeness (QED) is 0.656. The van der Waals surface area contributed by atoms with Crippen LogP contribution < -0.4 is 0 Å². The summed E-state index contributed by atoms with van der Waals surface area (Å²) in [5.74, 6) is 1.12. The van der Waals surface area contributed by atoms with Crippen molar-refractivity contribution >= 4 is 11.7 Å². The van der Waals surface area contributed by atoms with E-state index in [0.29, 0.717) is 5.78 Å². The van der Waals surface area contributed by atoms with E-state index in [1.54, 1.807) is 19.0 Å². The maximum atomic E-state index is 11.9. The Hall–Kier alpha value is -0.860. The molecule has 0 saturated heterocycles. The third-order valence-corrected chi connectivity index (χ3v) is 3.84. The minimum Gasteiger partial charge on any atom is -0.349 e. The predicted molar refractivity (Wildman–Crippen MR) is 57.3 cm³/mol. The van der Waals surface area contributed by atoms with Crippen LogP contribution in [-0.4, -0.2) is 30.7 Å². The number of nitrogens with zero attached hydrogens (tertiary/aromatic N) is 1. The number of carbonyl (C=O) groups excluding carboxylic acids is 2. The van der Waals surface area contributed by atoms with Crippen LogP contribution in [0.1, 0.15) is 32.1 Å². The second kappa shape index (κ2) is 3.95. The largest absolute Gasteiger partial charge is 0.349 e. The topological polar surface area (TPSA) is 37.4 Å². The van der Waals surface area contributed by atoms with Gasteiger partial charge >= 0.3 is 0 Å². The highest BCUT2D eigenvalue weighted by molar-refractivity contribution is 5.88. The summed E-state index contributed by atoms with van der Waals surface area (Å²) in [6.45, 7) is 0. The van der Waals surface area contributed by atoms with Crippen LogP contribution in [-0.2, 0) is 9.59 Å². The van der Waals surface area contributed by atoms with Gasteiger partial charge in [0.2, 0.25) is 5.91 Å². The van der Waals surface area contributed by atoms with Crippen LogP contribution in [0.2, 0.25) is 0 Å². The summed E-state index contributed by atoms with van der Waals surface area (Å²) in [6, 6.07) is 0. The lowest BCUT2D eigenvalue weighted by molar-refractivity contribution is -0.141. The summed E-state index contributed by atoms with van der Waals surface area (Å²) in [7, 11) is 3.60. The molecule has 2 atom stereocenters. The van der Waals surface area contributed by atoms with Crippen LogP contribution in [0, 0.1) is 17.8 Å². The number of ketones is 1. The average molecular weight is 209 g/mol. The summed E-state index contributed by atoms with van der Waals surface area (Å²) in [6.07, 6.45) is 4.78. The number of rotatable bonds is 1. The van der Waals surface area contributed by atoms with Crippen LogP contribution in [0.3, 0.4) is 0 Å². The Morgan fingerprint density at radius 1 is 1.20 bits per heavy atom. The number of fused-ring (bicyclic) bond motifs is 2. The number of hydrogen-bond donors (Lipinski definition) is 0. The van der Waals surface area contributed by atoms with E-state index in [1.807, 2.05) is 0 Å². The number of Topliss-reactive ketones (excluding diaryl/α,β-unsaturated/α-hetero) is 1. The first-order chi connectivity index (χ1) is 7.09. The monoisotopic (exact) mass is 209 g/mol. The third-order valence-electron chi connectivity index (χ3n) is 3.84. The van der Waals surface area contributed by atoms with Crippen LogP contribution in [0.15, 0.2) is 0 Å². The van der Waals surface area contributed by atoms with Crippen molar-refractivity contribution in [1.82, 2.24) is 4.90 Å². The van der Waals surface area contributed by atoms with E-state index >= 15 is 0 Å². The minimum atomic E-state index is 0.105. The first kappa shape index (κ1) is 10.7. The molecule has 0 heterocycles. The summed E-state index contributed by atoms with van der Waals surface area (Å²) in [4.78, 5) is 25.3. The van der Waals surface area contributed by atoms with Gasteiger partial charge in [-0.05, 0) is 25.7 Å². The van der Waals surface area contributed by atoms with Gasteiger partial charge in [-0.2, -0.15) is 0 Å². The van der Waals surface area contributed by atoms with Crippen molar-refractivity contribution in [2.24, 2.45) is 17.8 Å². The molecule has 2 saturated carbocycles. The van der Waals surface area contributed by atoms with Crippen molar-refractivity contribution in [2.75, 3.05) is 14.1 Å². The zero-order valence-electron chi connectivity index (χ0n) is 9.53. The van der Waals surface area contributed by atoms with Gasteiger partial charge < -0.3 is 4.90 Å². The molecular weight excluding hydrogens is 190 g/mol. The van der Waals surface area contributed by atoms with Crippen molar-refractivity contribution in [1.29, 1.82) is 0 Å². The maximum absolute atomic E-state index is 11.9. The molecule has 1 amide bonds. The fourth-order valence-electron chi connectivity index (χ4n) is 3.05. The average Bonchev–Trinajstić information content (AvgIpc) is 2.16. The molecule has 0 aromatic carbocycles. The molecule has 2 aliphatic rings. The molecule has 2 bridgehead atoms. The van der Waals surface area contributed by atoms with Gasteiger partial charge in [0.15, 0.2) is 0 Å². The molecule has 0 spiro atoms. The van der Waals surface area contributed by atoms with E-state index in [0.717, 1.165) is 25.7 Å². The summed E-state index contributed by atoms with van der Waals surface area (Å²) >= 11 is 0. The molecule has 3 nitrogen and oxygen atoms in total. The second-order valence-corrected chi connectivity index (χ2v) is 5.13. The normalized spacial score (nSPS) is 35.1. The molecular formula is C12H19NO2. The van der Waals surface area contributed by atoms with Crippen molar-refractivity contribution in [3.05, 3.63) is 0 Å². The van der Waals surface area contributed by atoms with Gasteiger partial charge in [-0.25, -0.2) is 0 Å². The van der Waals surface area contributed by atoms with Crippen molar-refractivity contribution in [2.45, 2.75) is 32.1 Å². The van der Waals surface area contributed by atoms with Gasteiger partial charge in [0.05, 0.1) is 0 Å². The molecule has 0 aromatic heterocycles. The molecule has 3 heteroatoms. The Bertz CT molecular complexity index is 269. The Kier molecular flexibility index (Phi) is 2.81. The van der Waals surface area contributed by atoms with Crippen LogP contribution in [0.5, 0.6) is 0 Å². The Labute approximate surface area is 90.8 Å². The summed E-state index contributed by atoms with van der Waals surface area (Å²) in [5, 5.41) is 0. The predicted octanol–water partition coefficient (Wildman–Crippen LogP) is 1.47. The lowest BCUT2D eigenvalue weighted by atomic mass is 9.67. The zero-order chi connectivity index (χ0) is 11.0. The first-order valence-corrected chi connectivity index (χ1v) is 5.84. The second-order valence-electron chi connectivity index (χ2n) is 5.13. The summed E-state index contributed by atoms with van der Waals surface area (Å²) in [5.41, 5.74) is 0. The lowest BCUT2D eigenvalue weighted by Crippen LogP contribution is -2.42. The smallest absolute Gasteiger partial charge is 0.225 e. The van der Waals surface area contributed by atoms with Crippen LogP contribution in [0.25, 0.3) is 0 Å². The number of carbonyl (C=O) groups is 2. The Morgan fingerprint density at radius 3 is 2.20 bits per heavy atom. The minimum absolute atomic E-state index is 0.105. The maximum Gasteiger partial charge on any atom is 0.225 e. The van der Waals surface area contributed by atoms with Gasteiger partial charge in [0.1, 0.15) is 5.78 Å². The highest BCUT2D eigenvalue weighted by atomic mass is 16.2. The number of hydrogen-bond acceptors (Lipinski definition) is 2. The highest BCUT2D eigenvalue weighted by Crippen LogP contribution is 2.40. The zero-order valence-corrected chi connectivity index (χ0v) is 9.53. The molecule has 0 N–H and O–H groups in total. The number of amides is 1. The van der Waals surface area contributed by atoms with Gasteiger partial charge in [-0.15, -0.1) is 0 Å². The van der Waals surface area contributed by atoms with Crippen LogP contribution in [0.4, 0.5) is 0 Å². The molecule has 0 aliphatic heterocycles. The molecule has 0 aromatic rings. The van der Waals surface area contributed by atoms with Gasteiger partial charge in [0.25, 0.3) is 0 Å². The van der Waals surface area contributed by atoms with E-state index in [1.165, 1.54) is 6.42 Å². The van der Waals surface area contributed by atoms with E-state index in [-0.39, 0.29) is 23.7 Å². The van der Waals surface area contributed by atoms with Crippen LogP contribution >= 0.6 is 0 Å². The standard InChI is InChI=1S/C12H19NO2/c1-13(2)12(15)10-6-8-4-3-5-9(7-10)11(8)14/h8-10H,3-7H2,1-2H3. The molecule has 2 unspecified atom stereocenters. The van der Waals surface area contributed by atoms with Gasteiger partial charge in [-0.3, -0.25) is 9.59 Å². The van der Waals surface area contributed by atoms with E-state index in [4.69, 9.17) is 0 Å². The van der Waals surface area contributed by atoms with Crippen molar-refractivity contribution in [3.63, 3.8) is 0 Å². The van der Waals surface area contributed by atoms with E-state index < -0.39 is 0 Å². The molecule has 2 rings (SSSR count). The van der Waals surface area contributed by atoms with E-state index in [9.17, 15) is 9.59 Å². The highest BCUT2D eigenvalue weighted by Gasteiger charge is 2.41. The van der Waals surface area contributed by atoms with Crippen molar-refractivity contribution in [3.8, 4) is 0 Å². The van der Waals surface area contributed by atoms with Crippen molar-refractivity contribution < 1.29 is 9.59 Å². The Morgan fingerprint density at radius 2 is 1.73 bits per heavy atom. The Balaban J connectivity index is 2.07. The van der Waals surface area contributed by atoms with Gasteiger partial charge in [-0.1, -0.05) is 6.42 Å². The third kappa shape index (κ3) is 1.92. The molecule has 2 fully saturated rings. The molecule has 2 aliphatic carbocycles. The molecule has 15 heavy (non-hydrogen) atoms. The molecule has 0 radical (unpaired) electrons. The fourth-order valence-corrected chi connectivity index (χ4v) is 3.05. The first-order valence-electron chi connectivity index (χ1n) is 5.84. The lowest BCUT2D eigenvalue weighted by Gasteiger charge is -2.37. The molecule has 84 valence electrons. The fraction of sp³-hybridized carbons (Fsp3) is 0.833. The summed E-state index contributed by atoms with van der Waals surface area (Å²) < 4.78 is 0. The van der Waals surface area contributed by atoms with Gasteiger partial charge in [0, 0.05) is 31.8 Å². The SMILES string of the molecule is CN(C)C(=O)C1CC2CCCC(C1)C2=O.